The summed E-state index contributed by atoms with van der Waals surface area (Å²) < 4.78 is 16.5. The molecule has 0 fully saturated rings. The quantitative estimate of drug-likeness (QED) is 0.368. The molecule has 2 amide bonds. The van der Waals surface area contributed by atoms with Crippen molar-refractivity contribution in [2.45, 2.75) is 32.6 Å². The second-order valence-electron chi connectivity index (χ2n) is 6.94. The van der Waals surface area contributed by atoms with Crippen LogP contribution >= 0.6 is 0 Å². The third-order valence-electron chi connectivity index (χ3n) is 4.55. The maximum absolute atomic E-state index is 12.4. The Hall–Kier alpha value is -3.88. The van der Waals surface area contributed by atoms with Crippen LogP contribution in [0.2, 0.25) is 0 Å². The van der Waals surface area contributed by atoms with Crippen LogP contribution in [0.3, 0.4) is 0 Å². The van der Waals surface area contributed by atoms with E-state index in [-0.39, 0.29) is 18.7 Å². The number of ether oxygens (including phenoxy) is 2. The van der Waals surface area contributed by atoms with E-state index in [4.69, 9.17) is 13.9 Å². The molecule has 0 radical (unpaired) electrons. The number of carbonyl (C=O) groups excluding carboxylic acids is 2. The van der Waals surface area contributed by atoms with Gasteiger partial charge in [-0.05, 0) is 36.8 Å². The molecule has 9 nitrogen and oxygen atoms in total. The lowest BCUT2D eigenvalue weighted by molar-refractivity contribution is -0.121. The lowest BCUT2D eigenvalue weighted by Gasteiger charge is -2.12. The highest BCUT2D eigenvalue weighted by molar-refractivity contribution is 5.96. The lowest BCUT2D eigenvalue weighted by Crippen LogP contribution is -2.41. The van der Waals surface area contributed by atoms with Gasteiger partial charge in [-0.1, -0.05) is 31.5 Å². The molecule has 168 valence electrons. The number of hydrogen-bond donors (Lipinski definition) is 2. The van der Waals surface area contributed by atoms with Gasteiger partial charge in [0.2, 0.25) is 17.7 Å². The van der Waals surface area contributed by atoms with E-state index in [2.05, 4.69) is 28.0 Å². The second kappa shape index (κ2) is 11.5. The molecule has 1 heterocycles. The Balaban J connectivity index is 1.47. The Morgan fingerprint density at radius 3 is 2.59 bits per heavy atom. The number of carbonyl (C=O) groups is 2. The van der Waals surface area contributed by atoms with E-state index in [0.29, 0.717) is 35.5 Å². The molecule has 3 aromatic rings. The van der Waals surface area contributed by atoms with Crippen molar-refractivity contribution in [3.05, 3.63) is 60.0 Å². The first-order valence-corrected chi connectivity index (χ1v) is 10.4. The molecule has 0 spiro atoms. The Morgan fingerprint density at radius 2 is 1.84 bits per heavy atom. The first-order valence-electron chi connectivity index (χ1n) is 10.4. The molecule has 3 rings (SSSR count). The van der Waals surface area contributed by atoms with Gasteiger partial charge in [0.25, 0.3) is 5.91 Å². The second-order valence-corrected chi connectivity index (χ2v) is 6.94. The van der Waals surface area contributed by atoms with Crippen molar-refractivity contribution in [3.8, 4) is 23.0 Å². The highest BCUT2D eigenvalue weighted by Crippen LogP contribution is 2.28. The zero-order chi connectivity index (χ0) is 22.8. The SMILES string of the molecule is CCCCOc1ccc(C(=O)NNC(=O)CCc2nnc(-c3ccccc3)o2)cc1OC. The lowest BCUT2D eigenvalue weighted by atomic mass is 10.2. The molecule has 0 aliphatic carbocycles. The first-order chi connectivity index (χ1) is 15.6. The van der Waals surface area contributed by atoms with Crippen LogP contribution in [0, 0.1) is 0 Å². The van der Waals surface area contributed by atoms with Crippen molar-refractivity contribution in [1.82, 2.24) is 21.0 Å². The average Bonchev–Trinajstić information content (AvgIpc) is 3.31. The van der Waals surface area contributed by atoms with Crippen molar-refractivity contribution in [1.29, 1.82) is 0 Å². The molecule has 2 N–H and O–H groups in total. The van der Waals surface area contributed by atoms with Gasteiger partial charge in [0.05, 0.1) is 13.7 Å². The summed E-state index contributed by atoms with van der Waals surface area (Å²) in [7, 11) is 1.51. The first kappa shape index (κ1) is 22.8. The molecule has 0 bridgehead atoms. The van der Waals surface area contributed by atoms with E-state index in [1.54, 1.807) is 18.2 Å². The number of unbranched alkanes of at least 4 members (excludes halogenated alkanes) is 1. The summed E-state index contributed by atoms with van der Waals surface area (Å²) in [5.74, 6) is 0.894. The summed E-state index contributed by atoms with van der Waals surface area (Å²) in [5, 5.41) is 7.94. The predicted molar refractivity (Wildman–Crippen MR) is 117 cm³/mol. The van der Waals surface area contributed by atoms with Gasteiger partial charge >= 0.3 is 0 Å². The van der Waals surface area contributed by atoms with Crippen LogP contribution in [0.4, 0.5) is 0 Å². The molecule has 32 heavy (non-hydrogen) atoms. The van der Waals surface area contributed by atoms with Gasteiger partial charge < -0.3 is 13.9 Å². The molecule has 0 saturated carbocycles. The van der Waals surface area contributed by atoms with Crippen molar-refractivity contribution in [2.75, 3.05) is 13.7 Å². The Kier molecular flexibility index (Phi) is 8.19. The molecular weight excluding hydrogens is 412 g/mol. The largest absolute Gasteiger partial charge is 0.493 e. The maximum Gasteiger partial charge on any atom is 0.269 e. The minimum Gasteiger partial charge on any atom is -0.493 e. The van der Waals surface area contributed by atoms with Gasteiger partial charge in [0, 0.05) is 24.0 Å². The standard InChI is InChI=1S/C23H26N4O5/c1-3-4-14-31-18-11-10-17(15-19(18)30-2)22(29)26-24-20(28)12-13-21-25-27-23(32-21)16-8-6-5-7-9-16/h5-11,15H,3-4,12-14H2,1-2H3,(H,24,28)(H,26,29). The van der Waals surface area contributed by atoms with E-state index in [1.165, 1.54) is 7.11 Å². The number of nitrogens with one attached hydrogen (secondary N) is 2. The van der Waals surface area contributed by atoms with Gasteiger partial charge in [-0.15, -0.1) is 10.2 Å². The van der Waals surface area contributed by atoms with Crippen molar-refractivity contribution < 1.29 is 23.5 Å². The van der Waals surface area contributed by atoms with Gasteiger partial charge in [0.1, 0.15) is 0 Å². The highest BCUT2D eigenvalue weighted by Gasteiger charge is 2.14. The monoisotopic (exact) mass is 438 g/mol. The fourth-order valence-corrected chi connectivity index (χ4v) is 2.79. The third-order valence-corrected chi connectivity index (χ3v) is 4.55. The van der Waals surface area contributed by atoms with Crippen LogP contribution in [0.25, 0.3) is 11.5 Å². The fourth-order valence-electron chi connectivity index (χ4n) is 2.79. The topological polar surface area (TPSA) is 116 Å². The molecule has 0 saturated heterocycles. The van der Waals surface area contributed by atoms with Gasteiger partial charge in [-0.3, -0.25) is 20.4 Å². The minimum absolute atomic E-state index is 0.0736. The zero-order valence-electron chi connectivity index (χ0n) is 18.1. The van der Waals surface area contributed by atoms with Crippen LogP contribution in [0.15, 0.2) is 52.9 Å². The molecule has 0 atom stereocenters. The van der Waals surface area contributed by atoms with Crippen LogP contribution in [-0.4, -0.2) is 35.7 Å². The Labute approximate surface area is 186 Å². The summed E-state index contributed by atoms with van der Waals surface area (Å²) in [6.07, 6.45) is 2.27. The normalized spacial score (nSPS) is 10.4. The summed E-state index contributed by atoms with van der Waals surface area (Å²) in [5.41, 5.74) is 5.90. The fraction of sp³-hybridized carbons (Fsp3) is 0.304. The van der Waals surface area contributed by atoms with Gasteiger partial charge in [-0.25, -0.2) is 0 Å². The number of aromatic nitrogens is 2. The van der Waals surface area contributed by atoms with E-state index in [9.17, 15) is 9.59 Å². The van der Waals surface area contributed by atoms with Crippen molar-refractivity contribution in [3.63, 3.8) is 0 Å². The number of methoxy groups -OCH3 is 1. The smallest absolute Gasteiger partial charge is 0.269 e. The van der Waals surface area contributed by atoms with Crippen LogP contribution in [-0.2, 0) is 11.2 Å². The molecule has 0 unspecified atom stereocenters. The van der Waals surface area contributed by atoms with Gasteiger partial charge in [0.15, 0.2) is 11.5 Å². The molecule has 0 aliphatic rings. The summed E-state index contributed by atoms with van der Waals surface area (Å²) in [4.78, 5) is 24.5. The average molecular weight is 438 g/mol. The van der Waals surface area contributed by atoms with Crippen LogP contribution in [0.5, 0.6) is 11.5 Å². The maximum atomic E-state index is 12.4. The van der Waals surface area contributed by atoms with E-state index < -0.39 is 5.91 Å². The van der Waals surface area contributed by atoms with E-state index >= 15 is 0 Å². The molecule has 9 heteroatoms. The molecule has 1 aromatic heterocycles. The number of amides is 2. The number of aryl methyl sites for hydroxylation is 1. The van der Waals surface area contributed by atoms with Crippen LogP contribution in [0.1, 0.15) is 42.4 Å². The summed E-state index contributed by atoms with van der Waals surface area (Å²) in [6.45, 7) is 2.65. The number of nitrogens with zero attached hydrogens (tertiary/aromatic N) is 2. The van der Waals surface area contributed by atoms with Gasteiger partial charge in [-0.2, -0.15) is 0 Å². The minimum atomic E-state index is -0.471. The summed E-state index contributed by atoms with van der Waals surface area (Å²) >= 11 is 0. The number of hydrazine groups is 1. The Bertz CT molecular complexity index is 1040. The molecule has 2 aromatic carbocycles. The van der Waals surface area contributed by atoms with E-state index in [0.717, 1.165) is 18.4 Å². The predicted octanol–water partition coefficient (Wildman–Crippen LogP) is 3.32. The van der Waals surface area contributed by atoms with E-state index in [1.807, 2.05) is 30.3 Å². The van der Waals surface area contributed by atoms with Crippen LogP contribution < -0.4 is 20.3 Å². The summed E-state index contributed by atoms with van der Waals surface area (Å²) in [6, 6.07) is 14.2. The van der Waals surface area contributed by atoms with Crippen molar-refractivity contribution >= 4 is 11.8 Å². The number of hydrogen-bond acceptors (Lipinski definition) is 7. The Morgan fingerprint density at radius 1 is 1.03 bits per heavy atom. The zero-order valence-corrected chi connectivity index (χ0v) is 18.1. The third kappa shape index (κ3) is 6.31. The number of benzene rings is 2. The van der Waals surface area contributed by atoms with Crippen molar-refractivity contribution in [2.24, 2.45) is 0 Å². The molecule has 0 aliphatic heterocycles. The highest BCUT2D eigenvalue weighted by atomic mass is 16.5. The molecular formula is C23H26N4O5. The number of rotatable bonds is 10.